The minimum atomic E-state index is -0.685. The van der Waals surface area contributed by atoms with Crippen LogP contribution >= 0.6 is 0 Å². The van der Waals surface area contributed by atoms with Gasteiger partial charge in [0.1, 0.15) is 5.69 Å². The van der Waals surface area contributed by atoms with E-state index in [0.717, 1.165) is 55.0 Å². The molecule has 1 fully saturated rings. The molecule has 0 spiro atoms. The van der Waals surface area contributed by atoms with Crippen LogP contribution in [0.1, 0.15) is 23.2 Å². The number of rotatable bonds is 7. The lowest BCUT2D eigenvalue weighted by Gasteiger charge is -2.22. The third kappa shape index (κ3) is 4.86. The first-order valence-electron chi connectivity index (χ1n) is 12.0. The standard InChI is InChI=1S/C28H28N4O4/c1-35-27-25(28(33)32-34)23-17-29-13-10-24(23)31-26(27)21-4-2-19(3-5-21)20-6-8-22(9-7-20)30-16-18-11-14-36-15-12-18/h2-10,13,17-18,30,34H,11-12,14-16H2,1H3,(H,32,33). The molecule has 0 saturated carbocycles. The Kier molecular flexibility index (Phi) is 7.06. The van der Waals surface area contributed by atoms with Gasteiger partial charge in [-0.25, -0.2) is 10.5 Å². The second-order valence-corrected chi connectivity index (χ2v) is 8.79. The molecule has 1 amide bonds. The molecular formula is C28H28N4O4. The van der Waals surface area contributed by atoms with E-state index in [0.29, 0.717) is 22.5 Å². The molecule has 0 unspecified atom stereocenters. The third-order valence-electron chi connectivity index (χ3n) is 6.59. The molecule has 2 aromatic carbocycles. The zero-order valence-electron chi connectivity index (χ0n) is 20.0. The Morgan fingerprint density at radius 2 is 1.69 bits per heavy atom. The number of methoxy groups -OCH3 is 1. The number of aromatic nitrogens is 2. The monoisotopic (exact) mass is 484 g/mol. The highest BCUT2D eigenvalue weighted by Crippen LogP contribution is 2.36. The minimum Gasteiger partial charge on any atom is -0.494 e. The molecule has 1 aliphatic rings. The molecule has 2 aromatic heterocycles. The highest BCUT2D eigenvalue weighted by atomic mass is 16.5. The zero-order chi connectivity index (χ0) is 24.9. The average Bonchev–Trinajstić information content (AvgIpc) is 2.95. The smallest absolute Gasteiger partial charge is 0.279 e. The van der Waals surface area contributed by atoms with E-state index in [2.05, 4.69) is 34.6 Å². The van der Waals surface area contributed by atoms with Crippen LogP contribution in [0.3, 0.4) is 0 Å². The van der Waals surface area contributed by atoms with Crippen LogP contribution in [0.15, 0.2) is 67.0 Å². The Hall–Kier alpha value is -4.01. The van der Waals surface area contributed by atoms with Gasteiger partial charge in [-0.2, -0.15) is 0 Å². The fraction of sp³-hybridized carbons (Fsp3) is 0.250. The Bertz CT molecular complexity index is 1350. The molecule has 184 valence electrons. The van der Waals surface area contributed by atoms with E-state index < -0.39 is 5.91 Å². The van der Waals surface area contributed by atoms with Gasteiger partial charge in [0.25, 0.3) is 5.91 Å². The average molecular weight is 485 g/mol. The first-order valence-corrected chi connectivity index (χ1v) is 12.0. The van der Waals surface area contributed by atoms with Gasteiger partial charge in [0, 0.05) is 48.8 Å². The van der Waals surface area contributed by atoms with Gasteiger partial charge in [0.05, 0.1) is 18.2 Å². The molecule has 36 heavy (non-hydrogen) atoms. The normalized spacial score (nSPS) is 13.9. The summed E-state index contributed by atoms with van der Waals surface area (Å²) in [5.41, 5.74) is 7.03. The topological polar surface area (TPSA) is 106 Å². The maximum atomic E-state index is 12.5. The van der Waals surface area contributed by atoms with E-state index in [4.69, 9.17) is 14.5 Å². The number of hydrogen-bond donors (Lipinski definition) is 3. The predicted octanol–water partition coefficient (Wildman–Crippen LogP) is 4.93. The van der Waals surface area contributed by atoms with Gasteiger partial charge in [0.15, 0.2) is 5.75 Å². The number of nitrogens with one attached hydrogen (secondary N) is 2. The van der Waals surface area contributed by atoms with E-state index in [1.54, 1.807) is 17.7 Å². The van der Waals surface area contributed by atoms with Crippen LogP contribution in [0, 0.1) is 5.92 Å². The fourth-order valence-electron chi connectivity index (χ4n) is 4.58. The van der Waals surface area contributed by atoms with Gasteiger partial charge in [-0.1, -0.05) is 36.4 Å². The summed E-state index contributed by atoms with van der Waals surface area (Å²) >= 11 is 0. The van der Waals surface area contributed by atoms with Gasteiger partial charge in [-0.3, -0.25) is 15.0 Å². The van der Waals surface area contributed by atoms with Crippen molar-refractivity contribution in [2.45, 2.75) is 12.8 Å². The SMILES string of the molecule is COc1c(-c2ccc(-c3ccc(NCC4CCOCC4)cc3)cc2)nc2ccncc2c1C(=O)NO. The maximum Gasteiger partial charge on any atom is 0.279 e. The number of ether oxygens (including phenoxy) is 2. The van der Waals surface area contributed by atoms with Gasteiger partial charge < -0.3 is 14.8 Å². The molecule has 8 heteroatoms. The minimum absolute atomic E-state index is 0.181. The summed E-state index contributed by atoms with van der Waals surface area (Å²) in [6.07, 6.45) is 5.36. The van der Waals surface area contributed by atoms with Crippen molar-refractivity contribution in [3.8, 4) is 28.1 Å². The highest BCUT2D eigenvalue weighted by molar-refractivity contribution is 6.09. The molecule has 0 aliphatic carbocycles. The number of fused-ring (bicyclic) bond motifs is 1. The van der Waals surface area contributed by atoms with Crippen LogP contribution in [0.4, 0.5) is 5.69 Å². The van der Waals surface area contributed by atoms with Crippen LogP contribution in [-0.4, -0.2) is 48.0 Å². The Morgan fingerprint density at radius 3 is 2.36 bits per heavy atom. The number of hydroxylamine groups is 1. The van der Waals surface area contributed by atoms with Crippen molar-refractivity contribution in [1.29, 1.82) is 0 Å². The van der Waals surface area contributed by atoms with Crippen molar-refractivity contribution in [3.63, 3.8) is 0 Å². The van der Waals surface area contributed by atoms with Crippen molar-refractivity contribution in [1.82, 2.24) is 15.4 Å². The van der Waals surface area contributed by atoms with Crippen LogP contribution in [0.2, 0.25) is 0 Å². The number of pyridine rings is 2. The van der Waals surface area contributed by atoms with E-state index in [-0.39, 0.29) is 11.3 Å². The van der Waals surface area contributed by atoms with Gasteiger partial charge in [-0.15, -0.1) is 0 Å². The zero-order valence-corrected chi connectivity index (χ0v) is 20.0. The fourth-order valence-corrected chi connectivity index (χ4v) is 4.58. The lowest BCUT2D eigenvalue weighted by molar-refractivity contribution is 0.0698. The van der Waals surface area contributed by atoms with E-state index in [1.165, 1.54) is 13.3 Å². The van der Waals surface area contributed by atoms with Gasteiger partial charge >= 0.3 is 0 Å². The predicted molar refractivity (Wildman–Crippen MR) is 138 cm³/mol. The van der Waals surface area contributed by atoms with Crippen molar-refractivity contribution in [3.05, 3.63) is 72.6 Å². The molecule has 0 radical (unpaired) electrons. The Morgan fingerprint density at radius 1 is 1.03 bits per heavy atom. The Balaban J connectivity index is 1.39. The second-order valence-electron chi connectivity index (χ2n) is 8.79. The molecule has 0 bridgehead atoms. The third-order valence-corrected chi connectivity index (χ3v) is 6.59. The number of benzene rings is 2. The van der Waals surface area contributed by atoms with E-state index >= 15 is 0 Å². The Labute approximate surface area is 209 Å². The quantitative estimate of drug-likeness (QED) is 0.252. The summed E-state index contributed by atoms with van der Waals surface area (Å²) < 4.78 is 11.0. The first-order chi connectivity index (χ1) is 17.7. The van der Waals surface area contributed by atoms with Crippen LogP contribution in [0.5, 0.6) is 5.75 Å². The maximum absolute atomic E-state index is 12.5. The highest BCUT2D eigenvalue weighted by Gasteiger charge is 2.22. The van der Waals surface area contributed by atoms with Gasteiger partial charge in [-0.05, 0) is 48.1 Å². The van der Waals surface area contributed by atoms with Crippen molar-refractivity contribution in [2.24, 2.45) is 5.92 Å². The number of carbonyl (C=O) groups is 1. The van der Waals surface area contributed by atoms with Crippen LogP contribution < -0.4 is 15.5 Å². The largest absolute Gasteiger partial charge is 0.494 e. The van der Waals surface area contributed by atoms with Crippen LogP contribution in [-0.2, 0) is 4.74 Å². The van der Waals surface area contributed by atoms with Crippen molar-refractivity contribution >= 4 is 22.5 Å². The summed E-state index contributed by atoms with van der Waals surface area (Å²) in [4.78, 5) is 21.3. The molecular weight excluding hydrogens is 456 g/mol. The van der Waals surface area contributed by atoms with E-state index in [9.17, 15) is 10.0 Å². The summed E-state index contributed by atoms with van der Waals surface area (Å²) in [6.45, 7) is 2.68. The lowest BCUT2D eigenvalue weighted by Crippen LogP contribution is -2.22. The lowest BCUT2D eigenvalue weighted by atomic mass is 9.99. The number of nitrogens with zero attached hydrogens (tertiary/aromatic N) is 2. The number of carbonyl (C=O) groups excluding carboxylic acids is 1. The number of hydrogen-bond acceptors (Lipinski definition) is 7. The van der Waals surface area contributed by atoms with Crippen LogP contribution in [0.25, 0.3) is 33.3 Å². The van der Waals surface area contributed by atoms with Crippen molar-refractivity contribution in [2.75, 3.05) is 32.2 Å². The number of amides is 1. The molecule has 8 nitrogen and oxygen atoms in total. The molecule has 4 aromatic rings. The second kappa shape index (κ2) is 10.7. The van der Waals surface area contributed by atoms with Gasteiger partial charge in [0.2, 0.25) is 0 Å². The summed E-state index contributed by atoms with van der Waals surface area (Å²) in [7, 11) is 1.48. The summed E-state index contributed by atoms with van der Waals surface area (Å²) in [6, 6.07) is 18.1. The number of anilines is 1. The molecule has 3 N–H and O–H groups in total. The molecule has 0 atom stereocenters. The molecule has 1 aliphatic heterocycles. The first kappa shape index (κ1) is 23.7. The summed E-state index contributed by atoms with van der Waals surface area (Å²) in [5, 5.41) is 13.3. The molecule has 5 rings (SSSR count). The molecule has 3 heterocycles. The summed E-state index contributed by atoms with van der Waals surface area (Å²) in [5.74, 6) is 0.248. The van der Waals surface area contributed by atoms with E-state index in [1.807, 2.05) is 24.3 Å². The molecule has 1 saturated heterocycles. The van der Waals surface area contributed by atoms with Crippen molar-refractivity contribution < 1.29 is 19.5 Å².